The van der Waals surface area contributed by atoms with Gasteiger partial charge in [0.25, 0.3) is 0 Å². The number of nitrogens with one attached hydrogen (secondary N) is 1. The van der Waals surface area contributed by atoms with Crippen molar-refractivity contribution in [2.45, 2.75) is 4.90 Å². The first-order valence-corrected chi connectivity index (χ1v) is 7.94. The molecule has 0 saturated heterocycles. The van der Waals surface area contributed by atoms with Crippen molar-refractivity contribution in [1.82, 2.24) is 0 Å². The fraction of sp³-hybridized carbons (Fsp3) is 0.0714. The van der Waals surface area contributed by atoms with Crippen molar-refractivity contribution in [3.05, 3.63) is 52.0 Å². The normalized spacial score (nSPS) is 10.3. The van der Waals surface area contributed by atoms with Crippen LogP contribution in [0.4, 0.5) is 11.4 Å². The third kappa shape index (κ3) is 4.16. The number of para-hydroxylation sites is 1. The molecule has 0 atom stereocenters. The molecule has 2 aromatic rings. The predicted octanol–water partition coefficient (Wildman–Crippen LogP) is 4.42. The smallest absolute Gasteiger partial charge is 0.234 e. The number of hydrogen-bond donors (Lipinski definition) is 2. The molecule has 0 saturated carbocycles. The topological polar surface area (TPSA) is 55.1 Å². The van der Waals surface area contributed by atoms with Gasteiger partial charge in [-0.25, -0.2) is 0 Å². The summed E-state index contributed by atoms with van der Waals surface area (Å²) in [5, 5.41) is 3.43. The Balaban J connectivity index is 1.94. The van der Waals surface area contributed by atoms with Crippen LogP contribution in [0.3, 0.4) is 0 Å². The van der Waals surface area contributed by atoms with Crippen LogP contribution >= 0.6 is 39.3 Å². The molecule has 0 spiro atoms. The Hall–Kier alpha value is -1.17. The van der Waals surface area contributed by atoms with Crippen molar-refractivity contribution in [2.24, 2.45) is 0 Å². The lowest BCUT2D eigenvalue weighted by molar-refractivity contribution is -0.113. The average Bonchev–Trinajstić information content (AvgIpc) is 2.40. The SMILES string of the molecule is Nc1cc(Cl)ccc1SCC(=O)Nc1ccccc1Br. The van der Waals surface area contributed by atoms with E-state index in [1.807, 2.05) is 30.3 Å². The number of benzene rings is 2. The number of thioether (sulfide) groups is 1. The van der Waals surface area contributed by atoms with E-state index in [4.69, 9.17) is 17.3 Å². The van der Waals surface area contributed by atoms with Gasteiger partial charge in [0, 0.05) is 20.1 Å². The third-order valence-electron chi connectivity index (χ3n) is 2.48. The standard InChI is InChI=1S/C14H12BrClN2OS/c15-10-3-1-2-4-12(10)18-14(19)8-20-13-6-5-9(16)7-11(13)17/h1-7H,8,17H2,(H,18,19). The molecule has 3 nitrogen and oxygen atoms in total. The van der Waals surface area contributed by atoms with E-state index >= 15 is 0 Å². The van der Waals surface area contributed by atoms with Crippen LogP contribution in [0, 0.1) is 0 Å². The van der Waals surface area contributed by atoms with Crippen molar-refractivity contribution in [3.63, 3.8) is 0 Å². The van der Waals surface area contributed by atoms with E-state index in [0.29, 0.717) is 10.7 Å². The number of rotatable bonds is 4. The molecule has 1 amide bonds. The summed E-state index contributed by atoms with van der Waals surface area (Å²) in [6, 6.07) is 12.7. The van der Waals surface area contributed by atoms with Crippen LogP contribution in [0.2, 0.25) is 5.02 Å². The number of hydrogen-bond acceptors (Lipinski definition) is 3. The summed E-state index contributed by atoms with van der Waals surface area (Å²) in [6.07, 6.45) is 0. The molecule has 0 radical (unpaired) electrons. The summed E-state index contributed by atoms with van der Waals surface area (Å²) in [6.45, 7) is 0. The van der Waals surface area contributed by atoms with Gasteiger partial charge in [-0.3, -0.25) is 4.79 Å². The molecule has 0 heterocycles. The number of anilines is 2. The summed E-state index contributed by atoms with van der Waals surface area (Å²) < 4.78 is 0.851. The fourth-order valence-corrected chi connectivity index (χ4v) is 2.86. The molecule has 104 valence electrons. The second-order valence-corrected chi connectivity index (χ2v) is 6.31. The van der Waals surface area contributed by atoms with Crippen LogP contribution in [0.25, 0.3) is 0 Å². The van der Waals surface area contributed by atoms with Gasteiger partial charge in [-0.05, 0) is 46.3 Å². The Bertz CT molecular complexity index is 636. The molecule has 0 aromatic heterocycles. The Kier molecular flexibility index (Phi) is 5.34. The number of halogens is 2. The van der Waals surface area contributed by atoms with E-state index < -0.39 is 0 Å². The highest BCUT2D eigenvalue weighted by Crippen LogP contribution is 2.28. The van der Waals surface area contributed by atoms with Crippen molar-refractivity contribution >= 4 is 56.6 Å². The number of carbonyl (C=O) groups excluding carboxylic acids is 1. The molecule has 0 aliphatic heterocycles. The van der Waals surface area contributed by atoms with Gasteiger partial charge in [-0.1, -0.05) is 23.7 Å². The molecule has 3 N–H and O–H groups in total. The number of nitrogens with two attached hydrogens (primary N) is 1. The summed E-state index contributed by atoms with van der Waals surface area (Å²) in [5.41, 5.74) is 7.17. The van der Waals surface area contributed by atoms with Gasteiger partial charge < -0.3 is 11.1 Å². The van der Waals surface area contributed by atoms with E-state index in [1.54, 1.807) is 12.1 Å². The van der Waals surface area contributed by atoms with Gasteiger partial charge in [0.2, 0.25) is 5.91 Å². The summed E-state index contributed by atoms with van der Waals surface area (Å²) in [7, 11) is 0. The first-order valence-electron chi connectivity index (χ1n) is 5.78. The van der Waals surface area contributed by atoms with E-state index in [9.17, 15) is 4.79 Å². The van der Waals surface area contributed by atoms with Crippen molar-refractivity contribution in [2.75, 3.05) is 16.8 Å². The minimum absolute atomic E-state index is 0.0868. The van der Waals surface area contributed by atoms with Crippen LogP contribution in [0.5, 0.6) is 0 Å². The largest absolute Gasteiger partial charge is 0.398 e. The molecule has 0 bridgehead atoms. The molecule has 0 aliphatic carbocycles. The van der Waals surface area contributed by atoms with Crippen molar-refractivity contribution in [3.8, 4) is 0 Å². The maximum atomic E-state index is 11.9. The highest BCUT2D eigenvalue weighted by atomic mass is 79.9. The van der Waals surface area contributed by atoms with Gasteiger partial charge in [-0.15, -0.1) is 11.8 Å². The highest BCUT2D eigenvalue weighted by molar-refractivity contribution is 9.10. The maximum Gasteiger partial charge on any atom is 0.234 e. The number of carbonyl (C=O) groups is 1. The average molecular weight is 372 g/mol. The van der Waals surface area contributed by atoms with Crippen LogP contribution < -0.4 is 11.1 Å². The highest BCUT2D eigenvalue weighted by Gasteiger charge is 2.07. The number of nitrogen functional groups attached to an aromatic ring is 1. The molecule has 0 unspecified atom stereocenters. The molecule has 2 rings (SSSR count). The van der Waals surface area contributed by atoms with Gasteiger partial charge in [-0.2, -0.15) is 0 Å². The second-order valence-electron chi connectivity index (χ2n) is 4.00. The van der Waals surface area contributed by atoms with Crippen molar-refractivity contribution in [1.29, 1.82) is 0 Å². The fourth-order valence-electron chi connectivity index (χ4n) is 1.54. The van der Waals surface area contributed by atoms with Crippen LogP contribution in [-0.4, -0.2) is 11.7 Å². The van der Waals surface area contributed by atoms with E-state index in [2.05, 4.69) is 21.2 Å². The Morgan fingerprint density at radius 3 is 2.75 bits per heavy atom. The monoisotopic (exact) mass is 370 g/mol. The quantitative estimate of drug-likeness (QED) is 0.618. The lowest BCUT2D eigenvalue weighted by atomic mass is 10.3. The Labute approximate surface area is 135 Å². The Morgan fingerprint density at radius 2 is 2.05 bits per heavy atom. The summed E-state index contributed by atoms with van der Waals surface area (Å²) in [5.74, 6) is 0.198. The molecule has 2 aromatic carbocycles. The zero-order valence-electron chi connectivity index (χ0n) is 10.4. The van der Waals surface area contributed by atoms with Crippen molar-refractivity contribution < 1.29 is 4.79 Å². The Morgan fingerprint density at radius 1 is 1.30 bits per heavy atom. The lowest BCUT2D eigenvalue weighted by Crippen LogP contribution is -2.14. The van der Waals surface area contributed by atoms with E-state index in [0.717, 1.165) is 15.1 Å². The summed E-state index contributed by atoms with van der Waals surface area (Å²) in [4.78, 5) is 12.7. The third-order valence-corrected chi connectivity index (χ3v) is 4.49. The minimum Gasteiger partial charge on any atom is -0.398 e. The molecule has 0 aliphatic rings. The van der Waals surface area contributed by atoms with Gasteiger partial charge in [0.15, 0.2) is 0 Å². The second kappa shape index (κ2) is 7.02. The molecular weight excluding hydrogens is 360 g/mol. The van der Waals surface area contributed by atoms with Crippen LogP contribution in [0.15, 0.2) is 51.8 Å². The van der Waals surface area contributed by atoms with E-state index in [-0.39, 0.29) is 11.7 Å². The zero-order valence-corrected chi connectivity index (χ0v) is 13.6. The predicted molar refractivity (Wildman–Crippen MR) is 89.4 cm³/mol. The first-order chi connectivity index (χ1) is 9.56. The maximum absolute atomic E-state index is 11.9. The van der Waals surface area contributed by atoms with Crippen LogP contribution in [-0.2, 0) is 4.79 Å². The number of amides is 1. The minimum atomic E-state index is -0.0868. The van der Waals surface area contributed by atoms with E-state index in [1.165, 1.54) is 11.8 Å². The van der Waals surface area contributed by atoms with Gasteiger partial charge in [0.05, 0.1) is 11.4 Å². The van der Waals surface area contributed by atoms with Crippen LogP contribution in [0.1, 0.15) is 0 Å². The van der Waals surface area contributed by atoms with Gasteiger partial charge >= 0.3 is 0 Å². The zero-order chi connectivity index (χ0) is 14.5. The van der Waals surface area contributed by atoms with Gasteiger partial charge in [0.1, 0.15) is 0 Å². The molecular formula is C14H12BrClN2OS. The first kappa shape index (κ1) is 15.2. The molecule has 20 heavy (non-hydrogen) atoms. The molecule has 6 heteroatoms. The summed E-state index contributed by atoms with van der Waals surface area (Å²) >= 11 is 10.6. The molecule has 0 fully saturated rings. The lowest BCUT2D eigenvalue weighted by Gasteiger charge is -2.08.